The maximum absolute atomic E-state index is 11.3. The van der Waals surface area contributed by atoms with Gasteiger partial charge in [-0.3, -0.25) is 4.79 Å². The second kappa shape index (κ2) is 7.33. The van der Waals surface area contributed by atoms with E-state index in [0.29, 0.717) is 0 Å². The molecule has 0 spiro atoms. The molecule has 5 N–H and O–H groups in total. The molecule has 17 heavy (non-hydrogen) atoms. The third-order valence-corrected chi connectivity index (χ3v) is 2.28. The first-order valence-corrected chi connectivity index (χ1v) is 5.25. The van der Waals surface area contributed by atoms with Gasteiger partial charge in [0.05, 0.1) is 6.61 Å². The minimum absolute atomic E-state index is 0.262. The highest BCUT2D eigenvalue weighted by Gasteiger charge is 2.32. The third kappa shape index (κ3) is 4.78. The summed E-state index contributed by atoms with van der Waals surface area (Å²) in [5.41, 5.74) is 0. The monoisotopic (exact) mass is 249 g/mol. The Morgan fingerprint density at radius 1 is 1.24 bits per heavy atom. The molecule has 0 aliphatic heterocycles. The summed E-state index contributed by atoms with van der Waals surface area (Å²) in [6.07, 6.45) is -4.72. The van der Waals surface area contributed by atoms with Crippen molar-refractivity contribution in [2.75, 3.05) is 6.61 Å². The van der Waals surface area contributed by atoms with E-state index in [1.165, 1.54) is 0 Å². The summed E-state index contributed by atoms with van der Waals surface area (Å²) in [4.78, 5) is 22.0. The van der Waals surface area contributed by atoms with Crippen LogP contribution in [0.1, 0.15) is 13.8 Å². The molecule has 0 fully saturated rings. The second-order valence-corrected chi connectivity index (χ2v) is 4.06. The zero-order valence-electron chi connectivity index (χ0n) is 9.78. The predicted octanol–water partition coefficient (Wildman–Crippen LogP) is -2.60. The lowest BCUT2D eigenvalue weighted by atomic mass is 10.0. The van der Waals surface area contributed by atoms with Crippen molar-refractivity contribution in [1.29, 1.82) is 0 Å². The Hall–Kier alpha value is -1.02. The maximum Gasteiger partial charge on any atom is 0.223 e. The second-order valence-electron chi connectivity index (χ2n) is 4.06. The van der Waals surface area contributed by atoms with Crippen LogP contribution in [0.2, 0.25) is 0 Å². The number of hydrogen-bond donors (Lipinski definition) is 5. The molecule has 0 aromatic rings. The minimum atomic E-state index is -1.72. The van der Waals surface area contributed by atoms with Crippen molar-refractivity contribution in [1.82, 2.24) is 5.32 Å². The van der Waals surface area contributed by atoms with E-state index in [1.54, 1.807) is 13.8 Å². The van der Waals surface area contributed by atoms with E-state index in [2.05, 4.69) is 5.32 Å². The summed E-state index contributed by atoms with van der Waals surface area (Å²) < 4.78 is 0. The van der Waals surface area contributed by atoms with E-state index in [1.807, 2.05) is 0 Å². The van der Waals surface area contributed by atoms with E-state index in [0.717, 1.165) is 0 Å². The van der Waals surface area contributed by atoms with Gasteiger partial charge in [0, 0.05) is 5.92 Å². The standard InChI is InChI=1S/C10H19NO6/c1-5(2)10(17)11-6(3-12)8(15)9(16)7(14)4-13/h3,5-9,13-16H,4H2,1-2H3,(H,11,17)/t6-,7+,8+,9-/m0/s1. The molecule has 0 radical (unpaired) electrons. The normalized spacial score (nSPS) is 18.3. The van der Waals surface area contributed by atoms with Crippen LogP contribution in [0.25, 0.3) is 0 Å². The Bertz CT molecular complexity index is 257. The molecule has 0 saturated carbocycles. The molecule has 4 atom stereocenters. The molecule has 0 heterocycles. The number of rotatable bonds is 7. The minimum Gasteiger partial charge on any atom is -0.394 e. The number of aliphatic hydroxyl groups excluding tert-OH is 4. The van der Waals surface area contributed by atoms with E-state index in [9.17, 15) is 19.8 Å². The van der Waals surface area contributed by atoms with Gasteiger partial charge in [0.1, 0.15) is 30.6 Å². The van der Waals surface area contributed by atoms with Gasteiger partial charge in [-0.25, -0.2) is 0 Å². The van der Waals surface area contributed by atoms with E-state index < -0.39 is 36.9 Å². The summed E-state index contributed by atoms with van der Waals surface area (Å²) in [5.74, 6) is -0.851. The lowest BCUT2D eigenvalue weighted by Crippen LogP contribution is -2.54. The van der Waals surface area contributed by atoms with Crippen LogP contribution in [0, 0.1) is 5.92 Å². The fourth-order valence-electron chi connectivity index (χ4n) is 1.08. The molecule has 0 saturated heterocycles. The zero-order valence-corrected chi connectivity index (χ0v) is 9.78. The zero-order chi connectivity index (χ0) is 13.6. The number of amides is 1. The molecule has 0 aromatic heterocycles. The largest absolute Gasteiger partial charge is 0.394 e. The molecule has 0 aromatic carbocycles. The predicted molar refractivity (Wildman–Crippen MR) is 57.9 cm³/mol. The number of aldehydes is 1. The first-order chi connectivity index (χ1) is 7.84. The average Bonchev–Trinajstić information content (AvgIpc) is 2.32. The SMILES string of the molecule is CC(C)C(=O)N[C@@H](C=O)[C@@H](O)[C@@H](O)[C@H](O)CO. The van der Waals surface area contributed by atoms with Gasteiger partial charge < -0.3 is 30.5 Å². The van der Waals surface area contributed by atoms with Gasteiger partial charge in [0.25, 0.3) is 0 Å². The first kappa shape index (κ1) is 16.0. The molecule has 0 aliphatic rings. The van der Waals surface area contributed by atoms with Gasteiger partial charge in [-0.05, 0) is 0 Å². The Balaban J connectivity index is 4.55. The summed E-state index contributed by atoms with van der Waals surface area (Å²) in [6, 6.07) is -1.33. The number of nitrogens with one attached hydrogen (secondary N) is 1. The fourth-order valence-corrected chi connectivity index (χ4v) is 1.08. The van der Waals surface area contributed by atoms with E-state index in [4.69, 9.17) is 10.2 Å². The van der Waals surface area contributed by atoms with Crippen molar-refractivity contribution in [2.45, 2.75) is 38.2 Å². The number of aliphatic hydroxyl groups is 4. The summed E-state index contributed by atoms with van der Waals surface area (Å²) >= 11 is 0. The molecule has 1 amide bonds. The van der Waals surface area contributed by atoms with Crippen molar-refractivity contribution in [3.63, 3.8) is 0 Å². The lowest BCUT2D eigenvalue weighted by Gasteiger charge is -2.26. The van der Waals surface area contributed by atoms with Crippen molar-refractivity contribution in [3.8, 4) is 0 Å². The Morgan fingerprint density at radius 3 is 2.12 bits per heavy atom. The van der Waals surface area contributed by atoms with Crippen LogP contribution in [0.4, 0.5) is 0 Å². The van der Waals surface area contributed by atoms with Gasteiger partial charge in [-0.1, -0.05) is 13.8 Å². The molecule has 0 aliphatic carbocycles. The molecule has 0 bridgehead atoms. The smallest absolute Gasteiger partial charge is 0.223 e. The van der Waals surface area contributed by atoms with Gasteiger partial charge >= 0.3 is 0 Å². The van der Waals surface area contributed by atoms with Gasteiger partial charge in [-0.2, -0.15) is 0 Å². The van der Waals surface area contributed by atoms with Crippen molar-refractivity contribution < 1.29 is 30.0 Å². The van der Waals surface area contributed by atoms with Crippen LogP contribution in [-0.2, 0) is 9.59 Å². The maximum atomic E-state index is 11.3. The molecular weight excluding hydrogens is 230 g/mol. The third-order valence-electron chi connectivity index (χ3n) is 2.28. The number of carbonyl (C=O) groups excluding carboxylic acids is 2. The molecule has 7 heteroatoms. The molecule has 7 nitrogen and oxygen atoms in total. The highest BCUT2D eigenvalue weighted by Crippen LogP contribution is 2.05. The number of carbonyl (C=O) groups is 2. The summed E-state index contributed by atoms with van der Waals surface area (Å²) in [6.45, 7) is 2.44. The van der Waals surface area contributed by atoms with Gasteiger partial charge in [0.15, 0.2) is 0 Å². The summed E-state index contributed by atoms with van der Waals surface area (Å²) in [5, 5.41) is 38.8. The van der Waals surface area contributed by atoms with Crippen LogP contribution in [-0.4, -0.2) is 63.6 Å². The Labute approximate surface area is 99.1 Å². The number of hydrogen-bond acceptors (Lipinski definition) is 6. The molecule has 0 rings (SSSR count). The van der Waals surface area contributed by atoms with Crippen LogP contribution in [0.5, 0.6) is 0 Å². The first-order valence-electron chi connectivity index (χ1n) is 5.25. The van der Waals surface area contributed by atoms with E-state index >= 15 is 0 Å². The highest BCUT2D eigenvalue weighted by atomic mass is 16.4. The average molecular weight is 249 g/mol. The van der Waals surface area contributed by atoms with Gasteiger partial charge in [0.2, 0.25) is 5.91 Å². The lowest BCUT2D eigenvalue weighted by molar-refractivity contribution is -0.132. The van der Waals surface area contributed by atoms with Crippen LogP contribution in [0.15, 0.2) is 0 Å². The fraction of sp³-hybridized carbons (Fsp3) is 0.800. The van der Waals surface area contributed by atoms with Gasteiger partial charge in [-0.15, -0.1) is 0 Å². The molecular formula is C10H19NO6. The molecule has 100 valence electrons. The van der Waals surface area contributed by atoms with Crippen LogP contribution in [0.3, 0.4) is 0 Å². The topological polar surface area (TPSA) is 127 Å². The quantitative estimate of drug-likeness (QED) is 0.315. The summed E-state index contributed by atoms with van der Waals surface area (Å²) in [7, 11) is 0. The molecule has 0 unspecified atom stereocenters. The highest BCUT2D eigenvalue weighted by molar-refractivity contribution is 5.81. The van der Waals surface area contributed by atoms with E-state index in [-0.39, 0.29) is 12.2 Å². The van der Waals surface area contributed by atoms with Crippen LogP contribution >= 0.6 is 0 Å². The van der Waals surface area contributed by atoms with Crippen LogP contribution < -0.4 is 5.32 Å². The Kier molecular flexibility index (Phi) is 6.89. The van der Waals surface area contributed by atoms with Crippen molar-refractivity contribution in [2.24, 2.45) is 5.92 Å². The Morgan fingerprint density at radius 2 is 1.76 bits per heavy atom. The van der Waals surface area contributed by atoms with Crippen molar-refractivity contribution in [3.05, 3.63) is 0 Å². The van der Waals surface area contributed by atoms with Crippen molar-refractivity contribution >= 4 is 12.2 Å².